The maximum atomic E-state index is 12.2. The van der Waals surface area contributed by atoms with Gasteiger partial charge >= 0.3 is 0 Å². The predicted octanol–water partition coefficient (Wildman–Crippen LogP) is 3.12. The summed E-state index contributed by atoms with van der Waals surface area (Å²) in [6.07, 6.45) is 0.450. The minimum Gasteiger partial charge on any atom is -0.383 e. The zero-order valence-corrected chi connectivity index (χ0v) is 17.2. The Morgan fingerprint density at radius 2 is 1.85 bits per heavy atom. The molecule has 0 aliphatic rings. The van der Waals surface area contributed by atoms with E-state index in [1.807, 2.05) is 58.0 Å². The van der Waals surface area contributed by atoms with E-state index < -0.39 is 0 Å². The topological polar surface area (TPSA) is 61.9 Å². The number of rotatable bonds is 8. The molecule has 1 N–H and O–H groups in total. The molecule has 26 heavy (non-hydrogen) atoms. The maximum Gasteiger partial charge on any atom is 0.224 e. The second kappa shape index (κ2) is 9.57. The van der Waals surface area contributed by atoms with E-state index >= 15 is 0 Å². The molecule has 6 nitrogen and oxygen atoms in total. The Balaban J connectivity index is 3.03. The highest BCUT2D eigenvalue weighted by Gasteiger charge is 2.17. The van der Waals surface area contributed by atoms with Crippen LogP contribution in [0.15, 0.2) is 18.2 Å². The van der Waals surface area contributed by atoms with Gasteiger partial charge < -0.3 is 19.9 Å². The summed E-state index contributed by atoms with van der Waals surface area (Å²) in [4.78, 5) is 27.9. The van der Waals surface area contributed by atoms with Crippen molar-refractivity contribution >= 4 is 23.2 Å². The van der Waals surface area contributed by atoms with Crippen molar-refractivity contribution in [1.82, 2.24) is 4.90 Å². The summed E-state index contributed by atoms with van der Waals surface area (Å²) in [6, 6.07) is 5.81. The third-order valence-electron chi connectivity index (χ3n) is 3.91. The normalized spacial score (nSPS) is 11.2. The third kappa shape index (κ3) is 7.44. The molecule has 0 fully saturated rings. The molecule has 6 heteroatoms. The summed E-state index contributed by atoms with van der Waals surface area (Å²) in [7, 11) is 5.54. The van der Waals surface area contributed by atoms with Gasteiger partial charge in [0.15, 0.2) is 0 Å². The standard InChI is InChI=1S/C20H33N3O3/c1-15(24)23(10-11-26-7)14-16-12-17(8-9-18(16)22(5)6)21-19(25)13-20(2,3)4/h8-9,12H,10-11,13-14H2,1-7H3,(H,21,25). The Hall–Kier alpha value is -2.08. The van der Waals surface area contributed by atoms with Crippen LogP contribution in [0.25, 0.3) is 0 Å². The number of ether oxygens (including phenoxy) is 1. The number of anilines is 2. The SMILES string of the molecule is COCCN(Cc1cc(NC(=O)CC(C)(C)C)ccc1N(C)C)C(C)=O. The molecule has 0 unspecified atom stereocenters. The number of hydrogen-bond acceptors (Lipinski definition) is 4. The fourth-order valence-corrected chi connectivity index (χ4v) is 2.67. The first-order valence-corrected chi connectivity index (χ1v) is 8.88. The number of carbonyl (C=O) groups excluding carboxylic acids is 2. The van der Waals surface area contributed by atoms with Crippen molar-refractivity contribution in [3.63, 3.8) is 0 Å². The van der Waals surface area contributed by atoms with Gasteiger partial charge in [0.2, 0.25) is 11.8 Å². The average Bonchev–Trinajstić information content (AvgIpc) is 2.49. The highest BCUT2D eigenvalue weighted by atomic mass is 16.5. The lowest BCUT2D eigenvalue weighted by Crippen LogP contribution is -2.32. The molecule has 0 saturated carbocycles. The number of methoxy groups -OCH3 is 1. The summed E-state index contributed by atoms with van der Waals surface area (Å²) in [5, 5.41) is 2.97. The molecule has 0 aliphatic carbocycles. The van der Waals surface area contributed by atoms with Gasteiger partial charge in [0.25, 0.3) is 0 Å². The van der Waals surface area contributed by atoms with Gasteiger partial charge in [-0.25, -0.2) is 0 Å². The van der Waals surface area contributed by atoms with Crippen LogP contribution >= 0.6 is 0 Å². The van der Waals surface area contributed by atoms with Crippen LogP contribution in [0.5, 0.6) is 0 Å². The Morgan fingerprint density at radius 1 is 1.19 bits per heavy atom. The zero-order valence-electron chi connectivity index (χ0n) is 17.2. The molecular weight excluding hydrogens is 330 g/mol. The van der Waals surface area contributed by atoms with Crippen molar-refractivity contribution in [3.8, 4) is 0 Å². The molecule has 1 aromatic carbocycles. The molecule has 0 aromatic heterocycles. The fourth-order valence-electron chi connectivity index (χ4n) is 2.67. The molecule has 0 saturated heterocycles. The van der Waals surface area contributed by atoms with Crippen LogP contribution in [-0.4, -0.2) is 51.1 Å². The summed E-state index contributed by atoms with van der Waals surface area (Å²) >= 11 is 0. The quantitative estimate of drug-likeness (QED) is 0.771. The molecule has 0 aliphatic heterocycles. The van der Waals surface area contributed by atoms with E-state index in [-0.39, 0.29) is 17.2 Å². The van der Waals surface area contributed by atoms with Crippen LogP contribution in [0.4, 0.5) is 11.4 Å². The second-order valence-corrected chi connectivity index (χ2v) is 7.96. The fraction of sp³-hybridized carbons (Fsp3) is 0.600. The number of hydrogen-bond donors (Lipinski definition) is 1. The van der Waals surface area contributed by atoms with Crippen LogP contribution in [0.3, 0.4) is 0 Å². The van der Waals surface area contributed by atoms with Gasteiger partial charge in [-0.1, -0.05) is 20.8 Å². The molecule has 0 heterocycles. The van der Waals surface area contributed by atoms with Crippen molar-refractivity contribution in [2.75, 3.05) is 44.6 Å². The van der Waals surface area contributed by atoms with Gasteiger partial charge in [-0.2, -0.15) is 0 Å². The van der Waals surface area contributed by atoms with E-state index in [4.69, 9.17) is 4.74 Å². The molecule has 146 valence electrons. The molecule has 0 bridgehead atoms. The Labute approximate surface area is 157 Å². The Bertz CT molecular complexity index is 621. The number of nitrogens with one attached hydrogen (secondary N) is 1. The van der Waals surface area contributed by atoms with Crippen molar-refractivity contribution in [2.45, 2.75) is 40.7 Å². The van der Waals surface area contributed by atoms with Crippen molar-refractivity contribution < 1.29 is 14.3 Å². The average molecular weight is 364 g/mol. The minimum atomic E-state index is -0.0674. The lowest BCUT2D eigenvalue weighted by Gasteiger charge is -2.25. The van der Waals surface area contributed by atoms with E-state index in [9.17, 15) is 9.59 Å². The smallest absolute Gasteiger partial charge is 0.224 e. The summed E-state index contributed by atoms with van der Waals surface area (Å²) < 4.78 is 5.10. The summed E-state index contributed by atoms with van der Waals surface area (Å²) in [6.45, 7) is 9.14. The maximum absolute atomic E-state index is 12.2. The molecule has 0 spiro atoms. The Kier molecular flexibility index (Phi) is 8.08. The van der Waals surface area contributed by atoms with Crippen molar-refractivity contribution in [2.24, 2.45) is 5.41 Å². The number of benzene rings is 1. The zero-order chi connectivity index (χ0) is 19.9. The first-order chi connectivity index (χ1) is 12.0. The molecule has 0 radical (unpaired) electrons. The van der Waals surface area contributed by atoms with Gasteiger partial charge in [-0.3, -0.25) is 9.59 Å². The predicted molar refractivity (Wildman–Crippen MR) is 106 cm³/mol. The number of amides is 2. The van der Waals surface area contributed by atoms with Gasteiger partial charge in [-0.15, -0.1) is 0 Å². The van der Waals surface area contributed by atoms with Gasteiger partial charge in [0.1, 0.15) is 0 Å². The van der Waals surface area contributed by atoms with E-state index in [1.165, 1.54) is 0 Å². The van der Waals surface area contributed by atoms with E-state index in [2.05, 4.69) is 5.32 Å². The monoisotopic (exact) mass is 363 g/mol. The van der Waals surface area contributed by atoms with Crippen LogP contribution in [-0.2, 0) is 20.9 Å². The highest BCUT2D eigenvalue weighted by Crippen LogP contribution is 2.26. The summed E-state index contributed by atoms with van der Waals surface area (Å²) in [5.74, 6) is -0.0159. The Morgan fingerprint density at radius 3 is 2.35 bits per heavy atom. The first kappa shape index (κ1) is 22.0. The summed E-state index contributed by atoms with van der Waals surface area (Å²) in [5.41, 5.74) is 2.68. The molecule has 0 atom stereocenters. The lowest BCUT2D eigenvalue weighted by atomic mass is 9.92. The van der Waals surface area contributed by atoms with Gasteiger partial charge in [0, 0.05) is 59.0 Å². The number of carbonyl (C=O) groups is 2. The van der Waals surface area contributed by atoms with E-state index in [0.29, 0.717) is 26.1 Å². The third-order valence-corrected chi connectivity index (χ3v) is 3.91. The van der Waals surface area contributed by atoms with Crippen molar-refractivity contribution in [1.29, 1.82) is 0 Å². The van der Waals surface area contributed by atoms with Crippen LogP contribution in [0, 0.1) is 5.41 Å². The number of nitrogens with zero attached hydrogens (tertiary/aromatic N) is 2. The van der Waals surface area contributed by atoms with Crippen molar-refractivity contribution in [3.05, 3.63) is 23.8 Å². The van der Waals surface area contributed by atoms with Crippen LogP contribution in [0.1, 0.15) is 39.7 Å². The lowest BCUT2D eigenvalue weighted by molar-refractivity contribution is -0.130. The van der Waals surface area contributed by atoms with E-state index in [1.54, 1.807) is 18.9 Å². The highest BCUT2D eigenvalue weighted by molar-refractivity contribution is 5.91. The van der Waals surface area contributed by atoms with Crippen LogP contribution in [0.2, 0.25) is 0 Å². The largest absolute Gasteiger partial charge is 0.383 e. The molecule has 1 rings (SSSR count). The molecule has 1 aromatic rings. The van der Waals surface area contributed by atoms with Gasteiger partial charge in [-0.05, 0) is 29.2 Å². The van der Waals surface area contributed by atoms with Crippen LogP contribution < -0.4 is 10.2 Å². The minimum absolute atomic E-state index is 0.00562. The van der Waals surface area contributed by atoms with Gasteiger partial charge in [0.05, 0.1) is 6.61 Å². The second-order valence-electron chi connectivity index (χ2n) is 7.96. The van der Waals surface area contributed by atoms with E-state index in [0.717, 1.165) is 16.9 Å². The molecular formula is C20H33N3O3. The first-order valence-electron chi connectivity index (χ1n) is 8.88. The molecule has 2 amide bonds.